The van der Waals surface area contributed by atoms with Gasteiger partial charge in [-0.1, -0.05) is 29.9 Å². The normalized spacial score (nSPS) is 14.2. The van der Waals surface area contributed by atoms with Crippen molar-refractivity contribution >= 4 is 17.9 Å². The smallest absolute Gasteiger partial charge is 0.189 e. The molecule has 0 aliphatic carbocycles. The maximum absolute atomic E-state index is 13.1. The van der Waals surface area contributed by atoms with E-state index in [0.29, 0.717) is 17.1 Å². The summed E-state index contributed by atoms with van der Waals surface area (Å²) in [6.45, 7) is 8.06. The standard InChI is InChI=1S/C26H28O4/c1-17(2)6-7-19-14-20-12-13-26(3,4)30-25(20)21(15-19)22(27)10-8-18-9-11-23(28)24(16-18)29-5/h6,8-16,28H,7H2,1-5H3/b10-8+. The Hall–Kier alpha value is -3.27. The average molecular weight is 405 g/mol. The summed E-state index contributed by atoms with van der Waals surface area (Å²) in [5, 5.41) is 9.75. The molecule has 1 aliphatic rings. The lowest BCUT2D eigenvalue weighted by atomic mass is 9.94. The van der Waals surface area contributed by atoms with E-state index in [1.165, 1.54) is 18.8 Å². The van der Waals surface area contributed by atoms with Gasteiger partial charge < -0.3 is 14.6 Å². The molecule has 1 N–H and O–H groups in total. The zero-order valence-corrected chi connectivity index (χ0v) is 18.2. The topological polar surface area (TPSA) is 55.8 Å². The zero-order chi connectivity index (χ0) is 21.9. The molecule has 0 unspecified atom stereocenters. The third-order valence-corrected chi connectivity index (χ3v) is 4.85. The Kier molecular flexibility index (Phi) is 6.16. The number of hydrogen-bond donors (Lipinski definition) is 1. The van der Waals surface area contributed by atoms with Gasteiger partial charge in [-0.2, -0.15) is 0 Å². The third kappa shape index (κ3) is 5.01. The van der Waals surface area contributed by atoms with Crippen molar-refractivity contribution in [1.29, 1.82) is 0 Å². The van der Waals surface area contributed by atoms with Crippen LogP contribution in [0.25, 0.3) is 12.2 Å². The van der Waals surface area contributed by atoms with Crippen molar-refractivity contribution < 1.29 is 19.4 Å². The number of phenols is 1. The van der Waals surface area contributed by atoms with E-state index in [0.717, 1.165) is 23.1 Å². The van der Waals surface area contributed by atoms with Crippen LogP contribution in [0.4, 0.5) is 0 Å². The lowest BCUT2D eigenvalue weighted by Crippen LogP contribution is -2.28. The molecular formula is C26H28O4. The Balaban J connectivity index is 1.98. The number of phenolic OH excluding ortho intramolecular Hbond substituents is 1. The lowest BCUT2D eigenvalue weighted by Gasteiger charge is -2.29. The molecule has 156 valence electrons. The number of ketones is 1. The summed E-state index contributed by atoms with van der Waals surface area (Å²) < 4.78 is 11.3. The second-order valence-corrected chi connectivity index (χ2v) is 8.22. The van der Waals surface area contributed by atoms with Gasteiger partial charge in [0.15, 0.2) is 17.3 Å². The van der Waals surface area contributed by atoms with Crippen LogP contribution < -0.4 is 9.47 Å². The van der Waals surface area contributed by atoms with Crippen LogP contribution in [0.2, 0.25) is 0 Å². The van der Waals surface area contributed by atoms with E-state index in [1.54, 1.807) is 24.3 Å². The minimum absolute atomic E-state index is 0.0597. The fourth-order valence-electron chi connectivity index (χ4n) is 3.22. The average Bonchev–Trinajstić information content (AvgIpc) is 2.70. The third-order valence-electron chi connectivity index (χ3n) is 4.85. The van der Waals surface area contributed by atoms with Gasteiger partial charge in [-0.15, -0.1) is 0 Å². The van der Waals surface area contributed by atoms with Crippen LogP contribution >= 0.6 is 0 Å². The predicted octanol–water partition coefficient (Wildman–Crippen LogP) is 5.99. The minimum Gasteiger partial charge on any atom is -0.504 e. The van der Waals surface area contributed by atoms with E-state index in [2.05, 4.69) is 26.0 Å². The summed E-state index contributed by atoms with van der Waals surface area (Å²) >= 11 is 0. The monoisotopic (exact) mass is 404 g/mol. The first-order valence-corrected chi connectivity index (χ1v) is 9.96. The molecule has 0 atom stereocenters. The van der Waals surface area contributed by atoms with Gasteiger partial charge in [0.05, 0.1) is 12.7 Å². The molecule has 1 aliphatic heterocycles. The molecule has 1 heterocycles. The van der Waals surface area contributed by atoms with Crippen LogP contribution in [0, 0.1) is 0 Å². The van der Waals surface area contributed by atoms with Gasteiger partial charge in [-0.25, -0.2) is 0 Å². The number of methoxy groups -OCH3 is 1. The highest BCUT2D eigenvalue weighted by Crippen LogP contribution is 2.36. The molecule has 0 aromatic heterocycles. The van der Waals surface area contributed by atoms with Crippen molar-refractivity contribution in [3.05, 3.63) is 76.4 Å². The van der Waals surface area contributed by atoms with Gasteiger partial charge in [0.1, 0.15) is 11.4 Å². The van der Waals surface area contributed by atoms with Gasteiger partial charge >= 0.3 is 0 Å². The van der Waals surface area contributed by atoms with E-state index in [9.17, 15) is 9.90 Å². The molecule has 4 nitrogen and oxygen atoms in total. The largest absolute Gasteiger partial charge is 0.504 e. The maximum Gasteiger partial charge on any atom is 0.189 e. The van der Waals surface area contributed by atoms with Crippen molar-refractivity contribution in [3.63, 3.8) is 0 Å². The highest BCUT2D eigenvalue weighted by Gasteiger charge is 2.26. The summed E-state index contributed by atoms with van der Waals surface area (Å²) in [5.41, 5.74) is 4.03. The van der Waals surface area contributed by atoms with E-state index in [-0.39, 0.29) is 11.5 Å². The molecular weight excluding hydrogens is 376 g/mol. The van der Waals surface area contributed by atoms with Crippen LogP contribution in [0.1, 0.15) is 54.7 Å². The van der Waals surface area contributed by atoms with Gasteiger partial charge in [-0.3, -0.25) is 4.79 Å². The van der Waals surface area contributed by atoms with Crippen LogP contribution in [-0.4, -0.2) is 23.6 Å². The second-order valence-electron chi connectivity index (χ2n) is 8.22. The molecule has 0 saturated carbocycles. The van der Waals surface area contributed by atoms with Crippen molar-refractivity contribution in [2.24, 2.45) is 0 Å². The first kappa shape index (κ1) is 21.4. The SMILES string of the molecule is COc1cc(/C=C/C(=O)c2cc(CC=C(C)C)cc3c2OC(C)(C)C=C3)ccc1O. The molecule has 0 radical (unpaired) electrons. The number of carbonyl (C=O) groups excluding carboxylic acids is 1. The Morgan fingerprint density at radius 2 is 1.97 bits per heavy atom. The number of carbonyl (C=O) groups is 1. The maximum atomic E-state index is 13.1. The summed E-state index contributed by atoms with van der Waals surface area (Å²) in [4.78, 5) is 13.1. The van der Waals surface area contributed by atoms with Crippen LogP contribution in [0.3, 0.4) is 0 Å². The predicted molar refractivity (Wildman–Crippen MR) is 121 cm³/mol. The number of benzene rings is 2. The number of allylic oxidation sites excluding steroid dienone is 3. The van der Waals surface area contributed by atoms with Crippen LogP contribution in [0.5, 0.6) is 17.2 Å². The number of hydrogen-bond acceptors (Lipinski definition) is 4. The number of fused-ring (bicyclic) bond motifs is 1. The van der Waals surface area contributed by atoms with Crippen molar-refractivity contribution in [2.45, 2.75) is 39.7 Å². The number of ether oxygens (including phenoxy) is 2. The van der Waals surface area contributed by atoms with Crippen LogP contribution in [0.15, 0.2) is 54.1 Å². The molecule has 4 heteroatoms. The van der Waals surface area contributed by atoms with Crippen molar-refractivity contribution in [1.82, 2.24) is 0 Å². The Morgan fingerprint density at radius 1 is 1.20 bits per heavy atom. The second kappa shape index (κ2) is 8.62. The Bertz CT molecular complexity index is 1050. The Morgan fingerprint density at radius 3 is 2.67 bits per heavy atom. The van der Waals surface area contributed by atoms with Crippen molar-refractivity contribution in [2.75, 3.05) is 7.11 Å². The lowest BCUT2D eigenvalue weighted by molar-refractivity contribution is 0.103. The molecule has 0 amide bonds. The molecule has 0 bridgehead atoms. The number of rotatable bonds is 6. The van der Waals surface area contributed by atoms with E-state index >= 15 is 0 Å². The van der Waals surface area contributed by atoms with E-state index in [4.69, 9.17) is 9.47 Å². The fraction of sp³-hybridized carbons (Fsp3) is 0.269. The molecule has 0 fully saturated rings. The van der Waals surface area contributed by atoms with E-state index < -0.39 is 5.60 Å². The fourth-order valence-corrected chi connectivity index (χ4v) is 3.22. The first-order valence-electron chi connectivity index (χ1n) is 9.96. The molecule has 30 heavy (non-hydrogen) atoms. The summed E-state index contributed by atoms with van der Waals surface area (Å²) in [6, 6.07) is 8.94. The quantitative estimate of drug-likeness (QED) is 0.365. The molecule has 3 rings (SSSR count). The summed E-state index contributed by atoms with van der Waals surface area (Å²) in [6.07, 6.45) is 10.2. The summed E-state index contributed by atoms with van der Waals surface area (Å²) in [7, 11) is 1.49. The van der Waals surface area contributed by atoms with Gasteiger partial charge in [0.2, 0.25) is 0 Å². The molecule has 0 spiro atoms. The van der Waals surface area contributed by atoms with Crippen molar-refractivity contribution in [3.8, 4) is 17.2 Å². The molecule has 2 aromatic carbocycles. The minimum atomic E-state index is -0.475. The van der Waals surface area contributed by atoms with Gasteiger partial charge in [-0.05, 0) is 81.7 Å². The Labute approximate surface area is 178 Å². The first-order chi connectivity index (χ1) is 14.2. The van der Waals surface area contributed by atoms with Gasteiger partial charge in [0, 0.05) is 5.56 Å². The molecule has 2 aromatic rings. The number of aromatic hydroxyl groups is 1. The van der Waals surface area contributed by atoms with E-state index in [1.807, 2.05) is 32.1 Å². The molecule has 0 saturated heterocycles. The zero-order valence-electron chi connectivity index (χ0n) is 18.2. The highest BCUT2D eigenvalue weighted by molar-refractivity contribution is 6.09. The highest BCUT2D eigenvalue weighted by atomic mass is 16.5. The van der Waals surface area contributed by atoms with Gasteiger partial charge in [0.25, 0.3) is 0 Å². The van der Waals surface area contributed by atoms with Crippen LogP contribution in [-0.2, 0) is 6.42 Å². The summed E-state index contributed by atoms with van der Waals surface area (Å²) in [5.74, 6) is 0.898.